The van der Waals surface area contributed by atoms with Crippen LogP contribution in [0.2, 0.25) is 0 Å². The topological polar surface area (TPSA) is 97.1 Å². The number of nitrogens with one attached hydrogen (secondary N) is 2. The normalized spacial score (nSPS) is 12.2. The maximum Gasteiger partial charge on any atom is 0.243 e. The lowest BCUT2D eigenvalue weighted by molar-refractivity contribution is -0.125. The highest BCUT2D eigenvalue weighted by atomic mass is 16.2. The lowest BCUT2D eigenvalue weighted by Gasteiger charge is -2.14. The molecule has 0 aliphatic heterocycles. The number of carbonyl (C=O) groups is 2. The van der Waals surface area contributed by atoms with Crippen molar-refractivity contribution < 1.29 is 9.59 Å². The van der Waals surface area contributed by atoms with E-state index in [0.29, 0.717) is 23.5 Å². The molecule has 2 rings (SSSR count). The Labute approximate surface area is 135 Å². The van der Waals surface area contributed by atoms with Gasteiger partial charge in [-0.2, -0.15) is 0 Å². The third kappa shape index (κ3) is 4.75. The molecule has 0 aliphatic carbocycles. The van der Waals surface area contributed by atoms with E-state index in [2.05, 4.69) is 15.6 Å². The molecule has 0 spiro atoms. The monoisotopic (exact) mass is 314 g/mol. The Kier molecular flexibility index (Phi) is 5.65. The van der Waals surface area contributed by atoms with E-state index < -0.39 is 6.04 Å². The van der Waals surface area contributed by atoms with E-state index in [1.165, 1.54) is 0 Å². The zero-order valence-corrected chi connectivity index (χ0v) is 13.4. The van der Waals surface area contributed by atoms with E-state index in [9.17, 15) is 9.59 Å². The summed E-state index contributed by atoms with van der Waals surface area (Å²) in [5, 5.41) is 6.26. The molecule has 122 valence electrons. The summed E-state index contributed by atoms with van der Waals surface area (Å²) in [7, 11) is 0. The quantitative estimate of drug-likeness (QED) is 0.755. The van der Waals surface area contributed by atoms with E-state index >= 15 is 0 Å². The van der Waals surface area contributed by atoms with Crippen molar-refractivity contribution in [2.45, 2.75) is 26.3 Å². The van der Waals surface area contributed by atoms with Gasteiger partial charge in [-0.15, -0.1) is 0 Å². The molecular formula is C17H22N4O2. The highest BCUT2D eigenvalue weighted by Crippen LogP contribution is 2.20. The zero-order chi connectivity index (χ0) is 16.8. The zero-order valence-electron chi connectivity index (χ0n) is 13.4. The summed E-state index contributed by atoms with van der Waals surface area (Å²) in [6.45, 7) is 3.87. The molecule has 0 fully saturated rings. The molecule has 1 heterocycles. The number of fused-ring (bicyclic) bond motifs is 1. The Morgan fingerprint density at radius 1 is 1.22 bits per heavy atom. The maximum absolute atomic E-state index is 12.0. The van der Waals surface area contributed by atoms with Gasteiger partial charge >= 0.3 is 0 Å². The predicted octanol–water partition coefficient (Wildman–Crippen LogP) is 1.66. The molecule has 0 bridgehead atoms. The van der Waals surface area contributed by atoms with E-state index in [0.717, 1.165) is 5.39 Å². The average molecular weight is 314 g/mol. The van der Waals surface area contributed by atoms with Gasteiger partial charge in [-0.3, -0.25) is 14.6 Å². The van der Waals surface area contributed by atoms with Crippen molar-refractivity contribution in [3.63, 3.8) is 0 Å². The van der Waals surface area contributed by atoms with Crippen molar-refractivity contribution in [3.8, 4) is 0 Å². The first-order chi connectivity index (χ1) is 11.0. The summed E-state index contributed by atoms with van der Waals surface area (Å²) < 4.78 is 0. The van der Waals surface area contributed by atoms with Gasteiger partial charge in [-0.05, 0) is 24.5 Å². The van der Waals surface area contributed by atoms with Gasteiger partial charge in [0.2, 0.25) is 11.8 Å². The number of amides is 2. The Morgan fingerprint density at radius 3 is 2.70 bits per heavy atom. The molecule has 1 aromatic carbocycles. The van der Waals surface area contributed by atoms with Gasteiger partial charge in [0, 0.05) is 11.6 Å². The third-order valence-electron chi connectivity index (χ3n) is 3.39. The van der Waals surface area contributed by atoms with Crippen LogP contribution in [0.25, 0.3) is 10.9 Å². The van der Waals surface area contributed by atoms with Gasteiger partial charge in [0.25, 0.3) is 0 Å². The van der Waals surface area contributed by atoms with Crippen LogP contribution in [0.3, 0.4) is 0 Å². The van der Waals surface area contributed by atoms with E-state index in [4.69, 9.17) is 5.73 Å². The molecule has 0 unspecified atom stereocenters. The summed E-state index contributed by atoms with van der Waals surface area (Å²) in [6.07, 6.45) is 2.26. The molecule has 6 nitrogen and oxygen atoms in total. The Balaban J connectivity index is 1.93. The Morgan fingerprint density at radius 2 is 1.96 bits per heavy atom. The minimum atomic E-state index is -0.595. The van der Waals surface area contributed by atoms with E-state index in [1.807, 2.05) is 38.1 Å². The first-order valence-corrected chi connectivity index (χ1v) is 7.64. The first kappa shape index (κ1) is 16.9. The van der Waals surface area contributed by atoms with Gasteiger partial charge in [-0.1, -0.05) is 32.0 Å². The number of carbonyl (C=O) groups excluding carboxylic acids is 2. The lowest BCUT2D eigenvalue weighted by Crippen LogP contribution is -2.44. The standard InChI is InChI=1S/C17H22N4O2/c1-11(2)9-13(18)17(23)20-10-15(22)21-14-7-3-5-12-6-4-8-19-16(12)14/h3-8,11,13H,9-10,18H2,1-2H3,(H,20,23)(H,21,22)/t13-/m0/s1. The second-order valence-electron chi connectivity index (χ2n) is 5.88. The second kappa shape index (κ2) is 7.69. The number of anilines is 1. The second-order valence-corrected chi connectivity index (χ2v) is 5.88. The van der Waals surface area contributed by atoms with Crippen LogP contribution >= 0.6 is 0 Å². The largest absolute Gasteiger partial charge is 0.346 e. The van der Waals surface area contributed by atoms with Gasteiger partial charge in [0.15, 0.2) is 0 Å². The fourth-order valence-corrected chi connectivity index (χ4v) is 2.31. The summed E-state index contributed by atoms with van der Waals surface area (Å²) in [4.78, 5) is 28.1. The minimum Gasteiger partial charge on any atom is -0.346 e. The first-order valence-electron chi connectivity index (χ1n) is 7.64. The Hall–Kier alpha value is -2.47. The smallest absolute Gasteiger partial charge is 0.243 e. The number of nitrogens with zero attached hydrogens (tertiary/aromatic N) is 1. The van der Waals surface area contributed by atoms with Crippen molar-refractivity contribution >= 4 is 28.4 Å². The number of hydrogen-bond acceptors (Lipinski definition) is 4. The number of para-hydroxylation sites is 1. The van der Waals surface area contributed by atoms with Gasteiger partial charge in [0.05, 0.1) is 23.8 Å². The van der Waals surface area contributed by atoms with Gasteiger partial charge in [-0.25, -0.2) is 0 Å². The minimum absolute atomic E-state index is 0.117. The van der Waals surface area contributed by atoms with Gasteiger partial charge < -0.3 is 16.4 Å². The molecule has 0 radical (unpaired) electrons. The third-order valence-corrected chi connectivity index (χ3v) is 3.39. The van der Waals surface area contributed by atoms with E-state index in [1.54, 1.807) is 12.3 Å². The fraction of sp³-hybridized carbons (Fsp3) is 0.353. The van der Waals surface area contributed by atoms with Crippen LogP contribution in [0.1, 0.15) is 20.3 Å². The highest BCUT2D eigenvalue weighted by molar-refractivity contribution is 6.01. The number of nitrogens with two attached hydrogens (primary N) is 1. The molecule has 2 aromatic rings. The van der Waals surface area contributed by atoms with Crippen molar-refractivity contribution in [1.29, 1.82) is 0 Å². The molecule has 1 aromatic heterocycles. The SMILES string of the molecule is CC(C)C[C@H](N)C(=O)NCC(=O)Nc1cccc2cccnc12. The molecular weight excluding hydrogens is 292 g/mol. The molecule has 2 amide bonds. The molecule has 23 heavy (non-hydrogen) atoms. The lowest BCUT2D eigenvalue weighted by atomic mass is 10.0. The van der Waals surface area contributed by atoms with Crippen molar-refractivity contribution in [2.75, 3.05) is 11.9 Å². The fourth-order valence-electron chi connectivity index (χ4n) is 2.31. The van der Waals surface area contributed by atoms with Crippen LogP contribution in [-0.4, -0.2) is 29.4 Å². The van der Waals surface area contributed by atoms with Crippen LogP contribution in [0, 0.1) is 5.92 Å². The molecule has 6 heteroatoms. The summed E-state index contributed by atoms with van der Waals surface area (Å²) >= 11 is 0. The molecule has 1 atom stereocenters. The van der Waals surface area contributed by atoms with Crippen molar-refractivity contribution in [2.24, 2.45) is 11.7 Å². The molecule has 0 aliphatic rings. The van der Waals surface area contributed by atoms with Crippen LogP contribution in [0.5, 0.6) is 0 Å². The molecule has 0 saturated carbocycles. The van der Waals surface area contributed by atoms with Crippen molar-refractivity contribution in [3.05, 3.63) is 36.5 Å². The maximum atomic E-state index is 12.0. The Bertz CT molecular complexity index is 695. The van der Waals surface area contributed by atoms with Gasteiger partial charge in [0.1, 0.15) is 0 Å². The summed E-state index contributed by atoms with van der Waals surface area (Å²) in [5.74, 6) is -0.301. The number of aromatic nitrogens is 1. The summed E-state index contributed by atoms with van der Waals surface area (Å²) in [5.41, 5.74) is 7.11. The van der Waals surface area contributed by atoms with Crippen LogP contribution < -0.4 is 16.4 Å². The molecule has 4 N–H and O–H groups in total. The number of pyridine rings is 1. The highest BCUT2D eigenvalue weighted by Gasteiger charge is 2.16. The number of hydrogen-bond donors (Lipinski definition) is 3. The van der Waals surface area contributed by atoms with Crippen LogP contribution in [0.4, 0.5) is 5.69 Å². The number of benzene rings is 1. The predicted molar refractivity (Wildman–Crippen MR) is 90.8 cm³/mol. The number of rotatable bonds is 6. The molecule has 0 saturated heterocycles. The van der Waals surface area contributed by atoms with E-state index in [-0.39, 0.29) is 18.4 Å². The van der Waals surface area contributed by atoms with Crippen LogP contribution in [-0.2, 0) is 9.59 Å². The van der Waals surface area contributed by atoms with Crippen LogP contribution in [0.15, 0.2) is 36.5 Å². The average Bonchev–Trinajstić information content (AvgIpc) is 2.52. The summed E-state index contributed by atoms with van der Waals surface area (Å²) in [6, 6.07) is 8.71. The van der Waals surface area contributed by atoms with Crippen molar-refractivity contribution in [1.82, 2.24) is 10.3 Å².